The van der Waals surface area contributed by atoms with Crippen molar-refractivity contribution in [1.29, 1.82) is 0 Å². The van der Waals surface area contributed by atoms with Crippen molar-refractivity contribution in [3.63, 3.8) is 0 Å². The van der Waals surface area contributed by atoms with E-state index in [1.807, 2.05) is 0 Å². The van der Waals surface area contributed by atoms with Gasteiger partial charge in [-0.25, -0.2) is 33.7 Å². The Hall–Kier alpha value is -4.97. The topological polar surface area (TPSA) is 347 Å². The van der Waals surface area contributed by atoms with E-state index in [1.54, 1.807) is 30.3 Å². The predicted octanol–water partition coefficient (Wildman–Crippen LogP) is 0.140. The lowest BCUT2D eigenvalue weighted by molar-refractivity contribution is -0.160. The average molecular weight is 852 g/mol. The van der Waals surface area contributed by atoms with Crippen LogP contribution >= 0.6 is 15.6 Å². The standard InChI is InChI=1S/C32H39N9O15P2/c1-2-3-9-22(42)39-24(17-7-5-4-6-8-17)31(44)55-27-20(54-30(26(27)43)41-16-37-25-28(34)35-15-36-29(25)41)14-52-58(49,50)56-18-12-23(40-11-10-21(33)38-32(40)45)53-19(18)13-51-57(46,47)48/h2,4-8,10-11,15-16,18-20,23-24,26-27,30,43H,1,3,9,12-14H2,(H,39,42)(H,49,50)(H2,33,38,45)(H2,34,35,36)(H2,46,47,48). The van der Waals surface area contributed by atoms with E-state index in [2.05, 4.69) is 36.4 Å². The van der Waals surface area contributed by atoms with Gasteiger partial charge in [0.05, 0.1) is 19.5 Å². The van der Waals surface area contributed by atoms with Crippen LogP contribution in [0, 0.1) is 0 Å². The second-order valence-corrected chi connectivity index (χ2v) is 15.5. The number of aliphatic hydroxyl groups is 1. The molecule has 9 atom stereocenters. The number of hydrogen-bond donors (Lipinski definition) is 7. The molecule has 312 valence electrons. The Morgan fingerprint density at radius 1 is 1.03 bits per heavy atom. The number of benzene rings is 1. The Labute approximate surface area is 327 Å². The van der Waals surface area contributed by atoms with Crippen LogP contribution in [0.4, 0.5) is 11.6 Å². The number of nitrogens with two attached hydrogens (primary N) is 2. The van der Waals surface area contributed by atoms with Gasteiger partial charge in [-0.2, -0.15) is 4.98 Å². The van der Waals surface area contributed by atoms with Crippen molar-refractivity contribution in [1.82, 2.24) is 34.4 Å². The van der Waals surface area contributed by atoms with Gasteiger partial charge in [-0.15, -0.1) is 6.58 Å². The summed E-state index contributed by atoms with van der Waals surface area (Å²) in [4.78, 5) is 84.4. The molecule has 0 radical (unpaired) electrons. The third-order valence-electron chi connectivity index (χ3n) is 8.89. The number of rotatable bonds is 17. The van der Waals surface area contributed by atoms with Gasteiger partial charge in [0.25, 0.3) is 0 Å². The van der Waals surface area contributed by atoms with Crippen molar-refractivity contribution in [3.05, 3.63) is 84.0 Å². The second kappa shape index (κ2) is 17.9. The number of phosphoric ester groups is 2. The van der Waals surface area contributed by atoms with Gasteiger partial charge < -0.3 is 50.8 Å². The molecule has 4 aromatic rings. The molecule has 24 nitrogen and oxygen atoms in total. The number of phosphoric acid groups is 2. The molecule has 58 heavy (non-hydrogen) atoms. The summed E-state index contributed by atoms with van der Waals surface area (Å²) in [5, 5.41) is 14.3. The van der Waals surface area contributed by atoms with Crippen LogP contribution in [0.15, 0.2) is 72.7 Å². The number of nitrogen functional groups attached to an aromatic ring is 2. The molecule has 6 rings (SSSR count). The SMILES string of the molecule is C=CCCC(=O)NC(C(=O)OC1C(COP(=O)(O)OC2CC(n3ccc(N)nc3=O)OC2COP(=O)(O)O)OC(n2cnc3c(N)ncnc32)C1O)c1ccccc1. The van der Waals surface area contributed by atoms with Crippen molar-refractivity contribution >= 4 is 50.3 Å². The van der Waals surface area contributed by atoms with E-state index in [-0.39, 0.29) is 35.6 Å². The van der Waals surface area contributed by atoms with E-state index in [4.69, 9.17) is 34.7 Å². The van der Waals surface area contributed by atoms with Crippen LogP contribution < -0.4 is 22.5 Å². The molecule has 5 heterocycles. The van der Waals surface area contributed by atoms with Crippen LogP contribution in [0.5, 0.6) is 0 Å². The Morgan fingerprint density at radius 2 is 1.78 bits per heavy atom. The summed E-state index contributed by atoms with van der Waals surface area (Å²) in [5.41, 5.74) is 11.2. The zero-order valence-corrected chi connectivity index (χ0v) is 31.9. The Kier molecular flexibility index (Phi) is 13.1. The first-order chi connectivity index (χ1) is 27.5. The maximum Gasteiger partial charge on any atom is 0.472 e. The first kappa shape index (κ1) is 42.6. The minimum absolute atomic E-state index is 0.00494. The first-order valence-corrected chi connectivity index (χ1v) is 20.3. The summed E-state index contributed by atoms with van der Waals surface area (Å²) in [6.07, 6.45) is -5.30. The van der Waals surface area contributed by atoms with Crippen molar-refractivity contribution in [2.75, 3.05) is 24.7 Å². The van der Waals surface area contributed by atoms with E-state index in [9.17, 15) is 43.3 Å². The number of allylic oxidation sites excluding steroid dienone is 1. The number of amides is 1. The van der Waals surface area contributed by atoms with Gasteiger partial charge in [0.2, 0.25) is 5.91 Å². The van der Waals surface area contributed by atoms with Gasteiger partial charge in [0.1, 0.15) is 48.3 Å². The fraction of sp³-hybridized carbons (Fsp3) is 0.406. The molecular weight excluding hydrogens is 812 g/mol. The van der Waals surface area contributed by atoms with Crippen LogP contribution in [0.3, 0.4) is 0 Å². The number of nitrogens with zero attached hydrogens (tertiary/aromatic N) is 6. The summed E-state index contributed by atoms with van der Waals surface area (Å²) in [6, 6.07) is 8.01. The van der Waals surface area contributed by atoms with Crippen LogP contribution in [-0.2, 0) is 46.5 Å². The normalized spacial score (nSPS) is 24.9. The second-order valence-electron chi connectivity index (χ2n) is 12.9. The highest BCUT2D eigenvalue weighted by atomic mass is 31.2. The summed E-state index contributed by atoms with van der Waals surface area (Å²) in [5.74, 6) is -1.63. The lowest BCUT2D eigenvalue weighted by Gasteiger charge is -2.25. The number of aromatic nitrogens is 6. The molecule has 0 spiro atoms. The van der Waals surface area contributed by atoms with Gasteiger partial charge in [-0.3, -0.25) is 27.5 Å². The minimum Gasteiger partial charge on any atom is -0.455 e. The zero-order valence-electron chi connectivity index (χ0n) is 30.1. The Morgan fingerprint density at radius 3 is 2.48 bits per heavy atom. The Balaban J connectivity index is 1.24. The number of ether oxygens (including phenoxy) is 3. The third kappa shape index (κ3) is 10.2. The van der Waals surface area contributed by atoms with Gasteiger partial charge >= 0.3 is 27.3 Å². The van der Waals surface area contributed by atoms with Crippen LogP contribution in [-0.4, -0.2) is 104 Å². The lowest BCUT2D eigenvalue weighted by Crippen LogP contribution is -2.42. The fourth-order valence-corrected chi connectivity index (χ4v) is 7.50. The molecule has 9 unspecified atom stereocenters. The number of imidazole rings is 1. The molecular formula is C32H39N9O15P2. The minimum atomic E-state index is -5.21. The van der Waals surface area contributed by atoms with Crippen molar-refractivity contribution in [2.24, 2.45) is 0 Å². The van der Waals surface area contributed by atoms with Crippen molar-refractivity contribution in [3.8, 4) is 0 Å². The number of aliphatic hydroxyl groups excluding tert-OH is 1. The third-order valence-corrected chi connectivity index (χ3v) is 10.4. The van der Waals surface area contributed by atoms with Crippen LogP contribution in [0.25, 0.3) is 11.2 Å². The van der Waals surface area contributed by atoms with Gasteiger partial charge in [-0.05, 0) is 18.1 Å². The van der Waals surface area contributed by atoms with Gasteiger partial charge in [0.15, 0.2) is 29.8 Å². The number of anilines is 2. The van der Waals surface area contributed by atoms with Crippen LogP contribution in [0.1, 0.15) is 43.3 Å². The molecule has 26 heteroatoms. The number of esters is 1. The molecule has 2 aliphatic rings. The molecule has 9 N–H and O–H groups in total. The average Bonchev–Trinajstić information content (AvgIpc) is 3.86. The van der Waals surface area contributed by atoms with E-state index >= 15 is 0 Å². The number of carbonyl (C=O) groups is 2. The number of nitrogens with one attached hydrogen (secondary N) is 1. The first-order valence-electron chi connectivity index (χ1n) is 17.3. The number of hydrogen-bond acceptors (Lipinski definition) is 18. The largest absolute Gasteiger partial charge is 0.472 e. The smallest absolute Gasteiger partial charge is 0.455 e. The number of fused-ring (bicyclic) bond motifs is 1. The molecule has 0 aliphatic carbocycles. The number of carbonyl (C=O) groups excluding carboxylic acids is 2. The molecule has 0 bridgehead atoms. The van der Waals surface area contributed by atoms with Crippen molar-refractivity contribution in [2.45, 2.75) is 68.3 Å². The highest BCUT2D eigenvalue weighted by Gasteiger charge is 2.50. The van der Waals surface area contributed by atoms with Crippen molar-refractivity contribution < 1.29 is 66.3 Å². The van der Waals surface area contributed by atoms with Crippen LogP contribution in [0.2, 0.25) is 0 Å². The summed E-state index contributed by atoms with van der Waals surface area (Å²) < 4.78 is 60.0. The zero-order chi connectivity index (χ0) is 41.8. The van der Waals surface area contributed by atoms with E-state index in [0.717, 1.165) is 10.9 Å². The molecule has 3 aromatic heterocycles. The quantitative estimate of drug-likeness (QED) is 0.0422. The fourth-order valence-electron chi connectivity index (χ4n) is 6.19. The Bertz CT molecular complexity index is 2280. The molecule has 1 aromatic carbocycles. The highest BCUT2D eigenvalue weighted by molar-refractivity contribution is 7.47. The maximum atomic E-state index is 13.9. The summed E-state index contributed by atoms with van der Waals surface area (Å²) in [6.45, 7) is 1.87. The summed E-state index contributed by atoms with van der Waals surface area (Å²) >= 11 is 0. The molecule has 2 fully saturated rings. The molecule has 2 saturated heterocycles. The molecule has 2 aliphatic heterocycles. The summed E-state index contributed by atoms with van der Waals surface area (Å²) in [7, 11) is -10.3. The van der Waals surface area contributed by atoms with Gasteiger partial charge in [-0.1, -0.05) is 36.4 Å². The van der Waals surface area contributed by atoms with E-state index < -0.39 is 95.4 Å². The monoisotopic (exact) mass is 851 g/mol. The highest BCUT2D eigenvalue weighted by Crippen LogP contribution is 2.50. The van der Waals surface area contributed by atoms with E-state index in [1.165, 1.54) is 29.2 Å². The molecule has 0 saturated carbocycles. The lowest BCUT2D eigenvalue weighted by atomic mass is 10.1. The maximum absolute atomic E-state index is 13.9. The van der Waals surface area contributed by atoms with E-state index in [0.29, 0.717) is 12.0 Å². The molecule has 1 amide bonds. The predicted molar refractivity (Wildman–Crippen MR) is 196 cm³/mol. The van der Waals surface area contributed by atoms with Gasteiger partial charge in [0, 0.05) is 19.0 Å².